The van der Waals surface area contributed by atoms with E-state index in [4.69, 9.17) is 17.4 Å². The van der Waals surface area contributed by atoms with Crippen LogP contribution in [0.1, 0.15) is 11.3 Å². The van der Waals surface area contributed by atoms with Gasteiger partial charge in [0.1, 0.15) is 5.82 Å². The molecule has 1 unspecified atom stereocenters. The lowest BCUT2D eigenvalue weighted by molar-refractivity contribution is 0.500. The molecule has 0 aliphatic carbocycles. The Morgan fingerprint density at radius 3 is 2.84 bits per heavy atom. The van der Waals surface area contributed by atoms with Crippen LogP contribution in [0.15, 0.2) is 30.5 Å². The molecular weight excluding hydrogens is 267 g/mol. The molecule has 0 bridgehead atoms. The predicted octanol–water partition coefficient (Wildman–Crippen LogP) is 1.83. The number of hydrogen-bond acceptors (Lipinski definition) is 3. The van der Waals surface area contributed by atoms with Crippen molar-refractivity contribution in [2.24, 2.45) is 12.9 Å². The first-order valence-corrected chi connectivity index (χ1v) is 6.35. The molecule has 1 aromatic heterocycles. The third-order valence-corrected chi connectivity index (χ3v) is 3.25. The number of aryl methyl sites for hydroxylation is 1. The highest BCUT2D eigenvalue weighted by molar-refractivity contribution is 6.30. The molecule has 3 N–H and O–H groups in total. The van der Waals surface area contributed by atoms with E-state index in [-0.39, 0.29) is 16.9 Å². The van der Waals surface area contributed by atoms with E-state index in [1.54, 1.807) is 16.8 Å². The summed E-state index contributed by atoms with van der Waals surface area (Å²) in [5.41, 5.74) is 4.15. The quantitative estimate of drug-likeness (QED) is 0.650. The van der Waals surface area contributed by atoms with Crippen LogP contribution in [0.2, 0.25) is 5.02 Å². The molecule has 0 saturated carbocycles. The molecule has 0 aliphatic heterocycles. The number of benzene rings is 1. The van der Waals surface area contributed by atoms with Crippen molar-refractivity contribution in [3.8, 4) is 0 Å². The van der Waals surface area contributed by atoms with Crippen molar-refractivity contribution < 1.29 is 4.39 Å². The Morgan fingerprint density at radius 2 is 2.21 bits per heavy atom. The van der Waals surface area contributed by atoms with Gasteiger partial charge in [-0.2, -0.15) is 5.10 Å². The molecule has 19 heavy (non-hydrogen) atoms. The average molecular weight is 283 g/mol. The van der Waals surface area contributed by atoms with Gasteiger partial charge >= 0.3 is 0 Å². The molecule has 2 aromatic rings. The van der Waals surface area contributed by atoms with E-state index >= 15 is 0 Å². The maximum Gasteiger partial charge on any atom is 0.145 e. The molecule has 1 aromatic carbocycles. The molecule has 6 heteroatoms. The summed E-state index contributed by atoms with van der Waals surface area (Å²) in [7, 11) is 1.85. The first kappa shape index (κ1) is 14.0. The highest BCUT2D eigenvalue weighted by Gasteiger charge is 2.14. The van der Waals surface area contributed by atoms with Crippen molar-refractivity contribution in [1.29, 1.82) is 0 Å². The first-order valence-electron chi connectivity index (χ1n) is 5.97. The molecular formula is C13H16ClFN4. The Labute approximate surface area is 116 Å². The van der Waals surface area contributed by atoms with Crippen LogP contribution in [0, 0.1) is 5.82 Å². The normalized spacial score (nSPS) is 12.6. The van der Waals surface area contributed by atoms with Crippen LogP contribution >= 0.6 is 11.6 Å². The minimum atomic E-state index is -0.384. The monoisotopic (exact) mass is 282 g/mol. The van der Waals surface area contributed by atoms with Gasteiger partial charge in [-0.25, -0.2) is 4.39 Å². The average Bonchev–Trinajstić information content (AvgIpc) is 2.79. The summed E-state index contributed by atoms with van der Waals surface area (Å²) in [5.74, 6) is 5.14. The Kier molecular flexibility index (Phi) is 4.52. The summed E-state index contributed by atoms with van der Waals surface area (Å²) >= 11 is 5.76. The molecule has 0 aliphatic rings. The van der Waals surface area contributed by atoms with Crippen molar-refractivity contribution in [3.05, 3.63) is 52.6 Å². The SMILES string of the molecule is Cn1ccc(CC(Cc2cccc(Cl)c2F)NN)n1. The zero-order valence-electron chi connectivity index (χ0n) is 10.6. The van der Waals surface area contributed by atoms with E-state index in [0.29, 0.717) is 18.4 Å². The number of nitrogens with zero attached hydrogens (tertiary/aromatic N) is 2. The fraction of sp³-hybridized carbons (Fsp3) is 0.308. The van der Waals surface area contributed by atoms with Gasteiger partial charge in [-0.1, -0.05) is 23.7 Å². The fourth-order valence-electron chi connectivity index (χ4n) is 1.99. The number of rotatable bonds is 5. The van der Waals surface area contributed by atoms with Gasteiger partial charge in [-0.3, -0.25) is 16.0 Å². The summed E-state index contributed by atoms with van der Waals surface area (Å²) < 4.78 is 15.5. The number of hydrazine groups is 1. The summed E-state index contributed by atoms with van der Waals surface area (Å²) in [5, 5.41) is 4.41. The second-order valence-electron chi connectivity index (χ2n) is 4.47. The van der Waals surface area contributed by atoms with Crippen LogP contribution in [0.4, 0.5) is 4.39 Å². The largest absolute Gasteiger partial charge is 0.276 e. The molecule has 0 saturated heterocycles. The number of nitrogens with one attached hydrogen (secondary N) is 1. The minimum Gasteiger partial charge on any atom is -0.276 e. The Balaban J connectivity index is 2.08. The summed E-state index contributed by atoms with van der Waals surface area (Å²) in [6.07, 6.45) is 2.95. The van der Waals surface area contributed by atoms with Crippen molar-refractivity contribution >= 4 is 11.6 Å². The third-order valence-electron chi connectivity index (χ3n) is 2.96. The van der Waals surface area contributed by atoms with E-state index in [0.717, 1.165) is 5.69 Å². The molecule has 4 nitrogen and oxygen atoms in total. The van der Waals surface area contributed by atoms with Gasteiger partial charge in [-0.15, -0.1) is 0 Å². The zero-order chi connectivity index (χ0) is 13.8. The molecule has 0 spiro atoms. The van der Waals surface area contributed by atoms with Gasteiger partial charge < -0.3 is 0 Å². The molecule has 1 heterocycles. The summed E-state index contributed by atoms with van der Waals surface area (Å²) in [6.45, 7) is 0. The fourth-order valence-corrected chi connectivity index (χ4v) is 2.18. The van der Waals surface area contributed by atoms with Crippen LogP contribution in [0.5, 0.6) is 0 Å². The summed E-state index contributed by atoms with van der Waals surface area (Å²) in [6, 6.07) is 6.80. The predicted molar refractivity (Wildman–Crippen MR) is 73.1 cm³/mol. The van der Waals surface area contributed by atoms with Gasteiger partial charge in [0.25, 0.3) is 0 Å². The highest BCUT2D eigenvalue weighted by Crippen LogP contribution is 2.19. The minimum absolute atomic E-state index is 0.0946. The van der Waals surface area contributed by atoms with Gasteiger partial charge in [-0.05, 0) is 24.1 Å². The van der Waals surface area contributed by atoms with Crippen molar-refractivity contribution in [3.63, 3.8) is 0 Å². The van der Waals surface area contributed by atoms with Gasteiger partial charge in [0.05, 0.1) is 10.7 Å². The van der Waals surface area contributed by atoms with Crippen molar-refractivity contribution in [2.45, 2.75) is 18.9 Å². The Morgan fingerprint density at radius 1 is 1.42 bits per heavy atom. The van der Waals surface area contributed by atoms with Gasteiger partial charge in [0, 0.05) is 25.7 Å². The van der Waals surface area contributed by atoms with E-state index in [1.165, 1.54) is 6.07 Å². The van der Waals surface area contributed by atoms with E-state index in [9.17, 15) is 4.39 Å². The molecule has 102 valence electrons. The van der Waals surface area contributed by atoms with E-state index in [2.05, 4.69) is 10.5 Å². The van der Waals surface area contributed by atoms with Crippen LogP contribution in [-0.2, 0) is 19.9 Å². The lowest BCUT2D eigenvalue weighted by Crippen LogP contribution is -2.38. The molecule has 2 rings (SSSR count). The van der Waals surface area contributed by atoms with Crippen LogP contribution in [0.25, 0.3) is 0 Å². The van der Waals surface area contributed by atoms with Crippen LogP contribution in [-0.4, -0.2) is 15.8 Å². The smallest absolute Gasteiger partial charge is 0.145 e. The van der Waals surface area contributed by atoms with E-state index in [1.807, 2.05) is 19.3 Å². The summed E-state index contributed by atoms with van der Waals surface area (Å²) in [4.78, 5) is 0. The van der Waals surface area contributed by atoms with Crippen molar-refractivity contribution in [1.82, 2.24) is 15.2 Å². The zero-order valence-corrected chi connectivity index (χ0v) is 11.4. The second-order valence-corrected chi connectivity index (χ2v) is 4.87. The van der Waals surface area contributed by atoms with Crippen LogP contribution < -0.4 is 11.3 Å². The standard InChI is InChI=1S/C13H16ClFN4/c1-19-6-5-10(18-19)8-11(17-16)7-9-3-2-4-12(14)13(9)15/h2-6,11,17H,7-8,16H2,1H3. The maximum absolute atomic E-state index is 13.8. The molecule has 1 atom stereocenters. The maximum atomic E-state index is 13.8. The highest BCUT2D eigenvalue weighted by atomic mass is 35.5. The van der Waals surface area contributed by atoms with Crippen LogP contribution in [0.3, 0.4) is 0 Å². The molecule has 0 radical (unpaired) electrons. The lowest BCUT2D eigenvalue weighted by Gasteiger charge is -2.15. The van der Waals surface area contributed by atoms with Crippen molar-refractivity contribution in [2.75, 3.05) is 0 Å². The lowest BCUT2D eigenvalue weighted by atomic mass is 10.0. The Bertz CT molecular complexity index is 555. The Hall–Kier alpha value is -1.43. The van der Waals surface area contributed by atoms with E-state index < -0.39 is 0 Å². The number of hydrogen-bond donors (Lipinski definition) is 2. The third kappa shape index (κ3) is 3.53. The molecule has 0 fully saturated rings. The topological polar surface area (TPSA) is 55.9 Å². The number of aromatic nitrogens is 2. The molecule has 0 amide bonds. The number of halogens is 2. The number of nitrogens with two attached hydrogens (primary N) is 1. The van der Waals surface area contributed by atoms with Gasteiger partial charge in [0.2, 0.25) is 0 Å². The second kappa shape index (κ2) is 6.14. The van der Waals surface area contributed by atoms with Gasteiger partial charge in [0.15, 0.2) is 0 Å². The first-order chi connectivity index (χ1) is 9.10.